The first-order valence-corrected chi connectivity index (χ1v) is 7.43. The van der Waals surface area contributed by atoms with Crippen LogP contribution in [-0.2, 0) is 6.54 Å². The van der Waals surface area contributed by atoms with E-state index < -0.39 is 4.92 Å². The standard InChI is InChI=1S/C17H19N3O4/c1-24-16-14(8-5-9-15(16)20(22)23)17(21)19(11-10-18)12-13-6-3-2-4-7-13/h2-9H,10-12,18H2,1H3. The van der Waals surface area contributed by atoms with Crippen LogP contribution in [0.2, 0.25) is 0 Å². The first-order valence-electron chi connectivity index (χ1n) is 7.43. The van der Waals surface area contributed by atoms with Gasteiger partial charge in [0, 0.05) is 25.7 Å². The molecular formula is C17H19N3O4. The molecule has 0 atom stereocenters. The van der Waals surface area contributed by atoms with Crippen LogP contribution in [0.1, 0.15) is 15.9 Å². The highest BCUT2D eigenvalue weighted by atomic mass is 16.6. The van der Waals surface area contributed by atoms with E-state index in [-0.39, 0.29) is 29.5 Å². The van der Waals surface area contributed by atoms with Crippen LogP contribution in [0, 0.1) is 10.1 Å². The molecule has 7 heteroatoms. The average molecular weight is 329 g/mol. The molecule has 0 aromatic heterocycles. The summed E-state index contributed by atoms with van der Waals surface area (Å²) in [6, 6.07) is 13.8. The second kappa shape index (κ2) is 8.07. The van der Waals surface area contributed by atoms with Crippen molar-refractivity contribution in [2.45, 2.75) is 6.54 Å². The van der Waals surface area contributed by atoms with Gasteiger partial charge >= 0.3 is 5.69 Å². The molecule has 2 N–H and O–H groups in total. The number of benzene rings is 2. The highest BCUT2D eigenvalue weighted by molar-refractivity contribution is 5.98. The number of methoxy groups -OCH3 is 1. The SMILES string of the molecule is COc1c(C(=O)N(CCN)Cc2ccccc2)cccc1[N+](=O)[O-]. The number of rotatable bonds is 7. The number of para-hydroxylation sites is 1. The summed E-state index contributed by atoms with van der Waals surface area (Å²) in [4.78, 5) is 25.0. The van der Waals surface area contributed by atoms with Crippen molar-refractivity contribution in [3.8, 4) is 5.75 Å². The normalized spacial score (nSPS) is 10.2. The number of ether oxygens (including phenoxy) is 1. The minimum Gasteiger partial charge on any atom is -0.490 e. The van der Waals surface area contributed by atoms with Gasteiger partial charge in [0.25, 0.3) is 5.91 Å². The zero-order valence-corrected chi connectivity index (χ0v) is 13.3. The molecule has 0 aliphatic rings. The predicted molar refractivity (Wildman–Crippen MR) is 89.9 cm³/mol. The summed E-state index contributed by atoms with van der Waals surface area (Å²) in [6.45, 7) is 0.984. The second-order valence-corrected chi connectivity index (χ2v) is 5.12. The van der Waals surface area contributed by atoms with Crippen LogP contribution < -0.4 is 10.5 Å². The molecule has 24 heavy (non-hydrogen) atoms. The molecule has 0 heterocycles. The van der Waals surface area contributed by atoms with E-state index in [1.54, 1.807) is 4.90 Å². The number of nitrogens with two attached hydrogens (primary N) is 1. The number of nitro groups is 1. The number of nitrogens with zero attached hydrogens (tertiary/aromatic N) is 2. The van der Waals surface area contributed by atoms with Crippen molar-refractivity contribution in [3.05, 3.63) is 69.8 Å². The summed E-state index contributed by atoms with van der Waals surface area (Å²) >= 11 is 0. The van der Waals surface area contributed by atoms with Crippen molar-refractivity contribution in [1.29, 1.82) is 0 Å². The Morgan fingerprint density at radius 2 is 1.92 bits per heavy atom. The maximum Gasteiger partial charge on any atom is 0.311 e. The smallest absolute Gasteiger partial charge is 0.311 e. The fourth-order valence-corrected chi connectivity index (χ4v) is 2.43. The minimum absolute atomic E-state index is 0.0393. The van der Waals surface area contributed by atoms with E-state index in [1.165, 1.54) is 25.3 Å². The molecule has 7 nitrogen and oxygen atoms in total. The molecule has 1 amide bonds. The van der Waals surface area contributed by atoms with Crippen LogP contribution in [0.25, 0.3) is 0 Å². The van der Waals surface area contributed by atoms with Crippen LogP contribution in [0.15, 0.2) is 48.5 Å². The van der Waals surface area contributed by atoms with E-state index in [0.717, 1.165) is 5.56 Å². The first kappa shape index (κ1) is 17.4. The number of carbonyl (C=O) groups is 1. The summed E-state index contributed by atoms with van der Waals surface area (Å²) in [6.07, 6.45) is 0. The molecular weight excluding hydrogens is 310 g/mol. The second-order valence-electron chi connectivity index (χ2n) is 5.12. The number of nitro benzene ring substituents is 1. The molecule has 2 aromatic rings. The van der Waals surface area contributed by atoms with Gasteiger partial charge in [0.2, 0.25) is 5.75 Å². The fourth-order valence-electron chi connectivity index (χ4n) is 2.43. The molecule has 2 rings (SSSR count). The molecule has 126 valence electrons. The van der Waals surface area contributed by atoms with Crippen molar-refractivity contribution in [2.75, 3.05) is 20.2 Å². The summed E-state index contributed by atoms with van der Waals surface area (Å²) in [5.74, 6) is -0.396. The lowest BCUT2D eigenvalue weighted by Gasteiger charge is -2.23. The summed E-state index contributed by atoms with van der Waals surface area (Å²) in [7, 11) is 1.31. The monoisotopic (exact) mass is 329 g/mol. The Balaban J connectivity index is 2.36. The molecule has 0 unspecified atom stereocenters. The lowest BCUT2D eigenvalue weighted by molar-refractivity contribution is -0.385. The van der Waals surface area contributed by atoms with E-state index in [2.05, 4.69) is 0 Å². The maximum atomic E-state index is 12.9. The third kappa shape index (κ3) is 3.88. The Bertz CT molecular complexity index is 719. The van der Waals surface area contributed by atoms with Crippen LogP contribution in [0.3, 0.4) is 0 Å². The van der Waals surface area contributed by atoms with Gasteiger partial charge in [-0.1, -0.05) is 36.4 Å². The van der Waals surface area contributed by atoms with Crippen molar-refractivity contribution < 1.29 is 14.5 Å². The van der Waals surface area contributed by atoms with Gasteiger partial charge in [-0.3, -0.25) is 14.9 Å². The van der Waals surface area contributed by atoms with Gasteiger partial charge in [0.05, 0.1) is 17.6 Å². The van der Waals surface area contributed by atoms with Crippen molar-refractivity contribution >= 4 is 11.6 Å². The van der Waals surface area contributed by atoms with Gasteiger partial charge in [0.15, 0.2) is 0 Å². The van der Waals surface area contributed by atoms with Gasteiger partial charge in [-0.25, -0.2) is 0 Å². The molecule has 0 aliphatic carbocycles. The van der Waals surface area contributed by atoms with Gasteiger partial charge < -0.3 is 15.4 Å². The van der Waals surface area contributed by atoms with E-state index in [9.17, 15) is 14.9 Å². The average Bonchev–Trinajstić information content (AvgIpc) is 2.60. The van der Waals surface area contributed by atoms with Crippen molar-refractivity contribution in [3.63, 3.8) is 0 Å². The third-order valence-corrected chi connectivity index (χ3v) is 3.53. The van der Waals surface area contributed by atoms with E-state index in [1.807, 2.05) is 30.3 Å². The summed E-state index contributed by atoms with van der Waals surface area (Å²) < 4.78 is 5.12. The quantitative estimate of drug-likeness (QED) is 0.620. The Morgan fingerprint density at radius 1 is 1.21 bits per heavy atom. The molecule has 0 aliphatic heterocycles. The molecule has 0 saturated heterocycles. The lowest BCUT2D eigenvalue weighted by Crippen LogP contribution is -2.35. The zero-order chi connectivity index (χ0) is 17.5. The zero-order valence-electron chi connectivity index (χ0n) is 13.3. The Hall–Kier alpha value is -2.93. The van der Waals surface area contributed by atoms with Gasteiger partial charge in [0.1, 0.15) is 0 Å². The number of hydrogen-bond donors (Lipinski definition) is 1. The Morgan fingerprint density at radius 3 is 2.50 bits per heavy atom. The number of hydrogen-bond acceptors (Lipinski definition) is 5. The Labute approximate surface area is 139 Å². The van der Waals surface area contributed by atoms with Crippen LogP contribution in [0.4, 0.5) is 5.69 Å². The highest BCUT2D eigenvalue weighted by Crippen LogP contribution is 2.31. The fraction of sp³-hybridized carbons (Fsp3) is 0.235. The lowest BCUT2D eigenvalue weighted by atomic mass is 10.1. The van der Waals surface area contributed by atoms with Crippen LogP contribution >= 0.6 is 0 Å². The first-order chi connectivity index (χ1) is 11.6. The topological polar surface area (TPSA) is 98.7 Å². The van der Waals surface area contributed by atoms with Crippen molar-refractivity contribution in [2.24, 2.45) is 5.73 Å². The highest BCUT2D eigenvalue weighted by Gasteiger charge is 2.25. The predicted octanol–water partition coefficient (Wildman–Crippen LogP) is 2.20. The minimum atomic E-state index is -0.569. The van der Waals surface area contributed by atoms with E-state index in [0.29, 0.717) is 13.1 Å². The van der Waals surface area contributed by atoms with Crippen LogP contribution in [0.5, 0.6) is 5.75 Å². The summed E-state index contributed by atoms with van der Waals surface area (Å²) in [5.41, 5.74) is 6.47. The molecule has 0 bridgehead atoms. The van der Waals surface area contributed by atoms with Gasteiger partial charge in [-0.15, -0.1) is 0 Å². The molecule has 2 aromatic carbocycles. The molecule has 0 saturated carbocycles. The van der Waals surface area contributed by atoms with Crippen molar-refractivity contribution in [1.82, 2.24) is 4.90 Å². The third-order valence-electron chi connectivity index (χ3n) is 3.53. The van der Waals surface area contributed by atoms with Gasteiger partial charge in [-0.2, -0.15) is 0 Å². The van der Waals surface area contributed by atoms with E-state index in [4.69, 9.17) is 10.5 Å². The number of amides is 1. The maximum absolute atomic E-state index is 12.9. The largest absolute Gasteiger partial charge is 0.490 e. The number of carbonyl (C=O) groups excluding carboxylic acids is 1. The van der Waals surface area contributed by atoms with E-state index >= 15 is 0 Å². The molecule has 0 radical (unpaired) electrons. The Kier molecular flexibility index (Phi) is 5.86. The summed E-state index contributed by atoms with van der Waals surface area (Å²) in [5, 5.41) is 11.1. The van der Waals surface area contributed by atoms with Gasteiger partial charge in [-0.05, 0) is 11.6 Å². The molecule has 0 spiro atoms. The molecule has 0 fully saturated rings. The van der Waals surface area contributed by atoms with Crippen LogP contribution in [-0.4, -0.2) is 35.9 Å².